The van der Waals surface area contributed by atoms with Crippen molar-refractivity contribution in [2.75, 3.05) is 24.5 Å². The van der Waals surface area contributed by atoms with Gasteiger partial charge in [-0.15, -0.1) is 0 Å². The number of carbonyl (C=O) groups is 2. The molecule has 0 aliphatic carbocycles. The predicted molar refractivity (Wildman–Crippen MR) is 190 cm³/mol. The number of hydrogen-bond acceptors (Lipinski definition) is 5. The minimum absolute atomic E-state index is 0.00657. The van der Waals surface area contributed by atoms with Crippen LogP contribution in [0, 0.1) is 12.8 Å². The maximum Gasteiger partial charge on any atom is 0.264 e. The molecule has 11 heteroatoms. The van der Waals surface area contributed by atoms with Gasteiger partial charge in [-0.1, -0.05) is 102 Å². The number of amides is 2. The van der Waals surface area contributed by atoms with E-state index in [-0.39, 0.29) is 46.1 Å². The van der Waals surface area contributed by atoms with Gasteiger partial charge in [0.2, 0.25) is 11.8 Å². The fraction of sp³-hybridized carbons (Fsp3) is 0.278. The van der Waals surface area contributed by atoms with Crippen molar-refractivity contribution in [1.82, 2.24) is 10.2 Å². The Balaban J connectivity index is 1.84. The number of nitrogens with one attached hydrogen (secondary N) is 1. The molecule has 0 unspecified atom stereocenters. The van der Waals surface area contributed by atoms with Gasteiger partial charge in [0.05, 0.1) is 17.7 Å². The van der Waals surface area contributed by atoms with Gasteiger partial charge in [0.25, 0.3) is 10.0 Å². The molecule has 0 saturated heterocycles. The smallest absolute Gasteiger partial charge is 0.264 e. The van der Waals surface area contributed by atoms with Gasteiger partial charge in [-0.2, -0.15) is 0 Å². The highest BCUT2D eigenvalue weighted by Crippen LogP contribution is 2.35. The van der Waals surface area contributed by atoms with Crippen molar-refractivity contribution in [2.24, 2.45) is 5.92 Å². The number of anilines is 1. The fourth-order valence-corrected chi connectivity index (χ4v) is 6.82. The molecular formula is C36H39BrClN3O5S. The summed E-state index contributed by atoms with van der Waals surface area (Å²) in [7, 11) is -2.90. The largest absolute Gasteiger partial charge is 0.495 e. The minimum atomic E-state index is -4.31. The maximum absolute atomic E-state index is 14.6. The van der Waals surface area contributed by atoms with Crippen LogP contribution < -0.4 is 14.4 Å². The monoisotopic (exact) mass is 739 g/mol. The van der Waals surface area contributed by atoms with Gasteiger partial charge in [0.1, 0.15) is 18.3 Å². The first-order valence-corrected chi connectivity index (χ1v) is 17.8. The average molecular weight is 741 g/mol. The number of nitrogens with zero attached hydrogens (tertiary/aromatic N) is 2. The number of sulfonamides is 1. The standard InChI is InChI=1S/C36H39BrClN3O5S/c1-25(2)22-39-36(43)33(20-27-8-6-5-7-9-27)40(23-28-12-14-29(37)15-13-28)35(42)24-41(32-21-30(38)16-19-34(32)46-4)47(44,45)31-17-10-26(3)11-18-31/h5-19,21,25,33H,20,22-24H2,1-4H3,(H,39,43)/t33-/m0/s1. The summed E-state index contributed by atoms with van der Waals surface area (Å²) in [6.45, 7) is 5.69. The van der Waals surface area contributed by atoms with Crippen molar-refractivity contribution in [1.29, 1.82) is 0 Å². The number of benzene rings is 4. The number of rotatable bonds is 14. The van der Waals surface area contributed by atoms with Gasteiger partial charge in [-0.3, -0.25) is 13.9 Å². The second-order valence-electron chi connectivity index (χ2n) is 11.6. The lowest BCUT2D eigenvalue weighted by Crippen LogP contribution is -2.53. The molecule has 0 saturated carbocycles. The Labute approximate surface area is 290 Å². The zero-order valence-corrected chi connectivity index (χ0v) is 30.0. The first-order valence-electron chi connectivity index (χ1n) is 15.2. The van der Waals surface area contributed by atoms with E-state index in [0.29, 0.717) is 6.54 Å². The van der Waals surface area contributed by atoms with E-state index in [2.05, 4.69) is 21.2 Å². The molecule has 0 aliphatic heterocycles. The van der Waals surface area contributed by atoms with E-state index in [1.54, 1.807) is 24.3 Å². The van der Waals surface area contributed by atoms with E-state index in [1.165, 1.54) is 30.2 Å². The van der Waals surface area contributed by atoms with Crippen LogP contribution in [0.2, 0.25) is 5.02 Å². The van der Waals surface area contributed by atoms with Crippen LogP contribution in [0.1, 0.15) is 30.5 Å². The van der Waals surface area contributed by atoms with Gasteiger partial charge in [-0.05, 0) is 66.4 Å². The fourth-order valence-electron chi connectivity index (χ4n) is 4.97. The topological polar surface area (TPSA) is 96.0 Å². The van der Waals surface area contributed by atoms with Gasteiger partial charge in [0, 0.05) is 29.0 Å². The molecule has 47 heavy (non-hydrogen) atoms. The van der Waals surface area contributed by atoms with Crippen LogP contribution in [0.3, 0.4) is 0 Å². The number of carbonyl (C=O) groups excluding carboxylic acids is 2. The molecule has 248 valence electrons. The molecule has 1 N–H and O–H groups in total. The third-order valence-corrected chi connectivity index (χ3v) is 10.1. The summed E-state index contributed by atoms with van der Waals surface area (Å²) in [5.41, 5.74) is 2.60. The number of aryl methyl sites for hydroxylation is 1. The van der Waals surface area contributed by atoms with Crippen molar-refractivity contribution in [2.45, 2.75) is 44.7 Å². The van der Waals surface area contributed by atoms with Crippen LogP contribution in [-0.2, 0) is 32.6 Å². The summed E-state index contributed by atoms with van der Waals surface area (Å²) in [4.78, 5) is 30.0. The Morgan fingerprint density at radius 3 is 2.19 bits per heavy atom. The predicted octanol–water partition coefficient (Wildman–Crippen LogP) is 7.03. The van der Waals surface area contributed by atoms with Crippen LogP contribution in [0.15, 0.2) is 106 Å². The van der Waals surface area contributed by atoms with Crippen LogP contribution >= 0.6 is 27.5 Å². The Morgan fingerprint density at radius 1 is 0.915 bits per heavy atom. The van der Waals surface area contributed by atoms with E-state index in [4.69, 9.17) is 16.3 Å². The molecule has 0 bridgehead atoms. The number of methoxy groups -OCH3 is 1. The number of hydrogen-bond donors (Lipinski definition) is 1. The summed E-state index contributed by atoms with van der Waals surface area (Å²) < 4.78 is 36.0. The highest BCUT2D eigenvalue weighted by molar-refractivity contribution is 9.10. The van der Waals surface area contributed by atoms with Crippen LogP contribution in [0.4, 0.5) is 5.69 Å². The van der Waals surface area contributed by atoms with Gasteiger partial charge < -0.3 is 15.0 Å². The van der Waals surface area contributed by atoms with Crippen molar-refractivity contribution in [3.05, 3.63) is 123 Å². The summed E-state index contributed by atoms with van der Waals surface area (Å²) in [6.07, 6.45) is 0.220. The quantitative estimate of drug-likeness (QED) is 0.150. The summed E-state index contributed by atoms with van der Waals surface area (Å²) in [5, 5.41) is 3.26. The van der Waals surface area contributed by atoms with Crippen LogP contribution in [0.5, 0.6) is 5.75 Å². The SMILES string of the molecule is COc1ccc(Cl)cc1N(CC(=O)N(Cc1ccc(Br)cc1)[C@@H](Cc1ccccc1)C(=O)NCC(C)C)S(=O)(=O)c1ccc(C)cc1. The number of ether oxygens (including phenoxy) is 1. The van der Waals surface area contributed by atoms with Crippen molar-refractivity contribution < 1.29 is 22.7 Å². The molecule has 0 aliphatic rings. The molecule has 0 fully saturated rings. The Bertz CT molecular complexity index is 1770. The van der Waals surface area contributed by atoms with Crippen molar-refractivity contribution in [3.63, 3.8) is 0 Å². The summed E-state index contributed by atoms with van der Waals surface area (Å²) in [5.74, 6) is -0.516. The molecule has 4 rings (SSSR count). The van der Waals surface area contributed by atoms with Gasteiger partial charge in [0.15, 0.2) is 0 Å². The van der Waals surface area contributed by atoms with Gasteiger partial charge in [-0.25, -0.2) is 8.42 Å². The zero-order valence-electron chi connectivity index (χ0n) is 26.8. The third-order valence-electron chi connectivity index (χ3n) is 7.52. The Kier molecular flexibility index (Phi) is 12.5. The molecule has 0 heterocycles. The molecule has 0 radical (unpaired) electrons. The van der Waals surface area contributed by atoms with E-state index >= 15 is 0 Å². The molecular weight excluding hydrogens is 702 g/mol. The minimum Gasteiger partial charge on any atom is -0.495 e. The molecule has 4 aromatic rings. The lowest BCUT2D eigenvalue weighted by atomic mass is 10.0. The summed E-state index contributed by atoms with van der Waals surface area (Å²) >= 11 is 9.82. The maximum atomic E-state index is 14.6. The number of halogens is 2. The van der Waals surface area contributed by atoms with Gasteiger partial charge >= 0.3 is 0 Å². The summed E-state index contributed by atoms with van der Waals surface area (Å²) in [6, 6.07) is 26.9. The van der Waals surface area contributed by atoms with E-state index in [1.807, 2.05) is 75.4 Å². The van der Waals surface area contributed by atoms with Crippen molar-refractivity contribution >= 4 is 55.1 Å². The highest BCUT2D eigenvalue weighted by atomic mass is 79.9. The van der Waals surface area contributed by atoms with E-state index in [9.17, 15) is 18.0 Å². The van der Waals surface area contributed by atoms with E-state index < -0.39 is 28.5 Å². The van der Waals surface area contributed by atoms with Crippen LogP contribution in [0.25, 0.3) is 0 Å². The second kappa shape index (κ2) is 16.3. The first-order chi connectivity index (χ1) is 22.4. The Hall–Kier alpha value is -3.86. The molecule has 1 atom stereocenters. The molecule has 4 aromatic carbocycles. The molecule has 0 aromatic heterocycles. The molecule has 2 amide bonds. The third kappa shape index (κ3) is 9.59. The Morgan fingerprint density at radius 2 is 1.57 bits per heavy atom. The first kappa shape index (κ1) is 36.0. The van der Waals surface area contributed by atoms with E-state index in [0.717, 1.165) is 25.5 Å². The average Bonchev–Trinajstić information content (AvgIpc) is 3.05. The lowest BCUT2D eigenvalue weighted by molar-refractivity contribution is -0.140. The normalized spacial score (nSPS) is 12.0. The highest BCUT2D eigenvalue weighted by Gasteiger charge is 2.35. The zero-order chi connectivity index (χ0) is 34.1. The van der Waals surface area contributed by atoms with Crippen LogP contribution in [-0.4, -0.2) is 51.4 Å². The molecule has 0 spiro atoms. The van der Waals surface area contributed by atoms with Crippen molar-refractivity contribution in [3.8, 4) is 5.75 Å². The lowest BCUT2D eigenvalue weighted by Gasteiger charge is -2.34. The second-order valence-corrected chi connectivity index (χ2v) is 14.8. The molecule has 8 nitrogen and oxygen atoms in total.